The zero-order valence-electron chi connectivity index (χ0n) is 14.0. The van der Waals surface area contributed by atoms with Gasteiger partial charge in [0.15, 0.2) is 0 Å². The van der Waals surface area contributed by atoms with Crippen molar-refractivity contribution >= 4 is 17.3 Å². The molecule has 0 saturated carbocycles. The second kappa shape index (κ2) is 7.04. The van der Waals surface area contributed by atoms with E-state index in [-0.39, 0.29) is 24.3 Å². The maximum atomic E-state index is 14.1. The highest BCUT2D eigenvalue weighted by Gasteiger charge is 2.34. The number of hydrogen-bond donors (Lipinski definition) is 2. The Labute approximate surface area is 148 Å². The number of nitrogens with zero attached hydrogens (tertiary/aromatic N) is 3. The average Bonchev–Trinajstić information content (AvgIpc) is 3.24. The topological polar surface area (TPSA) is 124 Å². The van der Waals surface area contributed by atoms with Gasteiger partial charge in [0.25, 0.3) is 5.91 Å². The summed E-state index contributed by atoms with van der Waals surface area (Å²) in [5.74, 6) is 0.0870. The average molecular weight is 359 g/mol. The summed E-state index contributed by atoms with van der Waals surface area (Å²) in [4.78, 5) is 25.1. The number of fused-ring (bicyclic) bond motifs is 1. The third kappa shape index (κ3) is 3.08. The van der Waals surface area contributed by atoms with Crippen LogP contribution in [-0.4, -0.2) is 33.6 Å². The molecule has 4 rings (SSSR count). The van der Waals surface area contributed by atoms with Gasteiger partial charge >= 0.3 is 0 Å². The number of allylic oxidation sites excluding steroid dienone is 1. The van der Waals surface area contributed by atoms with Gasteiger partial charge in [-0.15, -0.1) is 0 Å². The molecule has 3 heterocycles. The summed E-state index contributed by atoms with van der Waals surface area (Å²) in [7, 11) is 0. The summed E-state index contributed by atoms with van der Waals surface area (Å²) in [5, 5.41) is 5.93. The highest BCUT2D eigenvalue weighted by atomic mass is 19.1. The normalized spacial score (nSPS) is 21.4. The third-order valence-corrected chi connectivity index (χ3v) is 4.29. The zero-order chi connectivity index (χ0) is 17.4. The molecule has 136 valence electrons. The van der Waals surface area contributed by atoms with Crippen LogP contribution in [-0.2, 0) is 4.79 Å². The van der Waals surface area contributed by atoms with Gasteiger partial charge < -0.3 is 20.5 Å². The molecule has 1 aliphatic heterocycles. The van der Waals surface area contributed by atoms with Crippen molar-refractivity contribution in [2.24, 2.45) is 4.99 Å². The number of nitrogens with one attached hydrogen (secondary N) is 2. The van der Waals surface area contributed by atoms with Gasteiger partial charge in [0.05, 0.1) is 30.2 Å². The first-order valence-corrected chi connectivity index (χ1v) is 7.95. The van der Waals surface area contributed by atoms with Crippen molar-refractivity contribution in [3.63, 3.8) is 0 Å². The Bertz CT molecular complexity index is 878. The lowest BCUT2D eigenvalue weighted by Gasteiger charge is -2.19. The van der Waals surface area contributed by atoms with E-state index < -0.39 is 12.2 Å². The van der Waals surface area contributed by atoms with Crippen LogP contribution >= 0.6 is 0 Å². The van der Waals surface area contributed by atoms with Gasteiger partial charge in [-0.1, -0.05) is 6.07 Å². The van der Waals surface area contributed by atoms with Gasteiger partial charge in [-0.3, -0.25) is 9.78 Å². The van der Waals surface area contributed by atoms with E-state index in [1.807, 2.05) is 0 Å². The summed E-state index contributed by atoms with van der Waals surface area (Å²) in [6.07, 6.45) is 3.70. The van der Waals surface area contributed by atoms with Gasteiger partial charge in [-0.25, -0.2) is 14.4 Å². The van der Waals surface area contributed by atoms with Crippen LogP contribution in [0.3, 0.4) is 0 Å². The van der Waals surface area contributed by atoms with Crippen LogP contribution in [0.25, 0.3) is 5.70 Å². The fourth-order valence-corrected chi connectivity index (χ4v) is 3.11. The molecule has 2 aliphatic rings. The van der Waals surface area contributed by atoms with E-state index in [9.17, 15) is 9.18 Å². The van der Waals surface area contributed by atoms with E-state index in [1.165, 1.54) is 6.26 Å². The number of amides is 1. The highest BCUT2D eigenvalue weighted by molar-refractivity contribution is 6.40. The Morgan fingerprint density at radius 3 is 2.96 bits per heavy atom. The van der Waals surface area contributed by atoms with Gasteiger partial charge in [-0.2, -0.15) is 0 Å². The first kappa shape index (κ1) is 17.7. The van der Waals surface area contributed by atoms with Gasteiger partial charge in [-0.05, 0) is 13.0 Å². The first-order valence-electron chi connectivity index (χ1n) is 7.95. The summed E-state index contributed by atoms with van der Waals surface area (Å²) in [6.45, 7) is 2.00. The minimum Gasteiger partial charge on any atom is -0.443 e. The molecule has 4 N–H and O–H groups in total. The fraction of sp³-hybridized carbons (Fsp3) is 0.294. The molecule has 0 aromatic carbocycles. The second-order valence-electron chi connectivity index (χ2n) is 5.92. The van der Waals surface area contributed by atoms with Crippen LogP contribution in [0.15, 0.2) is 45.9 Å². The lowest BCUT2D eigenvalue weighted by molar-refractivity contribution is -0.115. The second-order valence-corrected chi connectivity index (χ2v) is 5.92. The number of alkyl halides is 1. The van der Waals surface area contributed by atoms with Crippen molar-refractivity contribution in [3.05, 3.63) is 53.6 Å². The van der Waals surface area contributed by atoms with Crippen LogP contribution < -0.4 is 10.6 Å². The molecule has 9 heteroatoms. The Hall–Kier alpha value is -3.07. The van der Waals surface area contributed by atoms with Gasteiger partial charge in [0.2, 0.25) is 5.89 Å². The van der Waals surface area contributed by atoms with Crippen molar-refractivity contribution in [3.8, 4) is 0 Å². The molecular formula is C17H18FN5O3. The molecular weight excluding hydrogens is 341 g/mol. The summed E-state index contributed by atoms with van der Waals surface area (Å²) < 4.78 is 19.3. The Morgan fingerprint density at radius 2 is 2.23 bits per heavy atom. The molecule has 2 atom stereocenters. The molecule has 0 saturated heterocycles. The predicted molar refractivity (Wildman–Crippen MR) is 91.7 cm³/mol. The van der Waals surface area contributed by atoms with Crippen molar-refractivity contribution in [1.82, 2.24) is 20.6 Å². The Morgan fingerprint density at radius 1 is 1.38 bits per heavy atom. The van der Waals surface area contributed by atoms with E-state index in [0.717, 1.165) is 0 Å². The minimum atomic E-state index is -1.11. The van der Waals surface area contributed by atoms with Crippen LogP contribution in [0, 0.1) is 0 Å². The number of aromatic nitrogens is 2. The van der Waals surface area contributed by atoms with Crippen molar-refractivity contribution in [1.29, 1.82) is 0 Å². The number of aliphatic imine (C=N–C) groups is 1. The molecule has 0 radical (unpaired) electrons. The number of pyridine rings is 1. The lowest BCUT2D eigenvalue weighted by Crippen LogP contribution is -2.40. The highest BCUT2D eigenvalue weighted by Crippen LogP contribution is 2.39. The molecule has 2 aromatic heterocycles. The molecule has 0 fully saturated rings. The number of hydrogen-bond acceptors (Lipinski definition) is 6. The molecule has 2 aromatic rings. The number of halogens is 1. The fourth-order valence-electron chi connectivity index (χ4n) is 3.11. The van der Waals surface area contributed by atoms with Crippen LogP contribution in [0.5, 0.6) is 0 Å². The number of carbonyl (C=O) groups is 1. The summed E-state index contributed by atoms with van der Waals surface area (Å²) in [6, 6.07) is 2.95. The van der Waals surface area contributed by atoms with E-state index in [1.54, 1.807) is 31.5 Å². The Balaban J connectivity index is 0.00000196. The third-order valence-electron chi connectivity index (χ3n) is 4.29. The molecule has 0 bridgehead atoms. The van der Waals surface area contributed by atoms with Crippen LogP contribution in [0.2, 0.25) is 0 Å². The van der Waals surface area contributed by atoms with Crippen molar-refractivity contribution in [2.45, 2.75) is 25.6 Å². The van der Waals surface area contributed by atoms with Gasteiger partial charge in [0, 0.05) is 18.2 Å². The molecule has 2 unspecified atom stereocenters. The maximum absolute atomic E-state index is 14.1. The van der Waals surface area contributed by atoms with E-state index in [4.69, 9.17) is 4.42 Å². The largest absolute Gasteiger partial charge is 0.443 e. The zero-order valence-corrected chi connectivity index (χ0v) is 14.0. The van der Waals surface area contributed by atoms with Crippen molar-refractivity contribution < 1.29 is 19.1 Å². The number of rotatable bonds is 3. The predicted octanol–water partition coefficient (Wildman–Crippen LogP) is 1.25. The van der Waals surface area contributed by atoms with E-state index >= 15 is 0 Å². The van der Waals surface area contributed by atoms with E-state index in [2.05, 4.69) is 25.6 Å². The standard InChI is InChI=1S/C17H16FN5O2.H2O/c1-9-14(17-20-5-6-25-17)21-8-13(22-9)16(24)23-12-7-11(18)10-3-2-4-19-15(10)12;/h2-6,11-12,21H,7-8H2,1H3,(H,23,24);1H2. The number of oxazole rings is 1. The smallest absolute Gasteiger partial charge is 0.268 e. The first-order chi connectivity index (χ1) is 12.1. The number of carbonyl (C=O) groups excluding carboxylic acids is 1. The molecule has 8 nitrogen and oxygen atoms in total. The van der Waals surface area contributed by atoms with E-state index in [0.29, 0.717) is 34.3 Å². The monoisotopic (exact) mass is 359 g/mol. The SMILES string of the molecule is CC1=C(c2ncco2)NCC(C(=O)NC2CC(F)c3cccnc32)=N1.O. The summed E-state index contributed by atoms with van der Waals surface area (Å²) in [5.41, 5.74) is 2.71. The maximum Gasteiger partial charge on any atom is 0.268 e. The minimum absolute atomic E-state index is 0. The van der Waals surface area contributed by atoms with Crippen LogP contribution in [0.1, 0.15) is 42.7 Å². The van der Waals surface area contributed by atoms with Crippen molar-refractivity contribution in [2.75, 3.05) is 6.54 Å². The molecule has 1 aliphatic carbocycles. The molecule has 26 heavy (non-hydrogen) atoms. The van der Waals surface area contributed by atoms with Crippen LogP contribution in [0.4, 0.5) is 4.39 Å². The molecule has 1 amide bonds. The van der Waals surface area contributed by atoms with Gasteiger partial charge in [0.1, 0.15) is 23.8 Å². The summed E-state index contributed by atoms with van der Waals surface area (Å²) >= 11 is 0. The molecule has 0 spiro atoms. The Kier molecular flexibility index (Phi) is 4.81. The lowest BCUT2D eigenvalue weighted by atomic mass is 10.2. The quantitative estimate of drug-likeness (QED) is 0.853.